The first kappa shape index (κ1) is 13.2. The normalized spacial score (nSPS) is 21.3. The molecule has 0 N–H and O–H groups in total. The van der Waals surface area contributed by atoms with E-state index in [1.54, 1.807) is 4.90 Å². The Kier molecular flexibility index (Phi) is 3.47. The smallest absolute Gasteiger partial charge is 0.225 e. The van der Waals surface area contributed by atoms with E-state index in [-0.39, 0.29) is 17.9 Å². The van der Waals surface area contributed by atoms with E-state index < -0.39 is 0 Å². The zero-order chi connectivity index (χ0) is 14.1. The van der Waals surface area contributed by atoms with Crippen LogP contribution >= 0.6 is 0 Å². The molecule has 0 saturated heterocycles. The minimum atomic E-state index is -0.0164. The lowest BCUT2D eigenvalue weighted by molar-refractivity contribution is -0.132. The Labute approximate surface area is 119 Å². The van der Waals surface area contributed by atoms with Crippen LogP contribution in [0, 0.1) is 12.8 Å². The van der Waals surface area contributed by atoms with Gasteiger partial charge in [0.15, 0.2) is 6.10 Å². The van der Waals surface area contributed by atoms with Gasteiger partial charge in [0.1, 0.15) is 0 Å². The molecule has 0 bridgehead atoms. The molecule has 3 rings (SSSR count). The van der Waals surface area contributed by atoms with Crippen LogP contribution in [-0.2, 0) is 9.63 Å². The molecule has 1 atom stereocenters. The summed E-state index contributed by atoms with van der Waals surface area (Å²) in [4.78, 5) is 19.2. The lowest BCUT2D eigenvalue weighted by Crippen LogP contribution is -2.35. The van der Waals surface area contributed by atoms with Crippen LogP contribution in [0.4, 0.5) is 0 Å². The summed E-state index contributed by atoms with van der Waals surface area (Å²) >= 11 is 0. The Hall–Kier alpha value is -1.84. The summed E-state index contributed by atoms with van der Waals surface area (Å²) in [6.07, 6.45) is 2.84. The van der Waals surface area contributed by atoms with Crippen LogP contribution in [0.25, 0.3) is 0 Å². The Morgan fingerprint density at radius 2 is 2.15 bits per heavy atom. The van der Waals surface area contributed by atoms with Gasteiger partial charge < -0.3 is 9.74 Å². The van der Waals surface area contributed by atoms with Gasteiger partial charge in [0.05, 0.1) is 12.3 Å². The molecule has 2 aliphatic rings. The second-order valence-corrected chi connectivity index (χ2v) is 5.78. The van der Waals surface area contributed by atoms with Crippen LogP contribution in [0.2, 0.25) is 0 Å². The maximum Gasteiger partial charge on any atom is 0.225 e. The van der Waals surface area contributed by atoms with Crippen molar-refractivity contribution in [3.63, 3.8) is 0 Å². The molecule has 0 unspecified atom stereocenters. The van der Waals surface area contributed by atoms with Crippen molar-refractivity contribution in [2.75, 3.05) is 13.6 Å². The monoisotopic (exact) mass is 272 g/mol. The van der Waals surface area contributed by atoms with Gasteiger partial charge in [0.25, 0.3) is 0 Å². The van der Waals surface area contributed by atoms with E-state index in [4.69, 9.17) is 4.84 Å². The Morgan fingerprint density at radius 3 is 2.85 bits per heavy atom. The number of aryl methyl sites for hydroxylation is 1. The standard InChI is InChI=1S/C16H20N2O2/c1-11-5-3-4-6-14(11)15-9-13(20-17-15)10-18(2)16(19)12-7-8-12/h3-6,12-13H,7-10H2,1-2H3/t13-/m0/s1. The van der Waals surface area contributed by atoms with Crippen LogP contribution < -0.4 is 0 Å². The Balaban J connectivity index is 1.59. The number of amides is 1. The maximum absolute atomic E-state index is 11.9. The third-order valence-corrected chi connectivity index (χ3v) is 3.97. The zero-order valence-electron chi connectivity index (χ0n) is 12.0. The van der Waals surface area contributed by atoms with Crippen molar-refractivity contribution in [3.05, 3.63) is 35.4 Å². The molecular weight excluding hydrogens is 252 g/mol. The topological polar surface area (TPSA) is 41.9 Å². The summed E-state index contributed by atoms with van der Waals surface area (Å²) in [5, 5.41) is 4.20. The number of hydrogen-bond acceptors (Lipinski definition) is 3. The fourth-order valence-electron chi connectivity index (χ4n) is 2.62. The fourth-order valence-corrected chi connectivity index (χ4v) is 2.62. The fraction of sp³-hybridized carbons (Fsp3) is 0.500. The van der Waals surface area contributed by atoms with E-state index >= 15 is 0 Å². The molecular formula is C16H20N2O2. The molecule has 1 aromatic carbocycles. The number of carbonyl (C=O) groups is 1. The highest BCUT2D eigenvalue weighted by Gasteiger charge is 2.34. The SMILES string of the molecule is Cc1ccccc1C1=NO[C@H](CN(C)C(=O)C2CC2)C1. The molecule has 0 spiro atoms. The third kappa shape index (κ3) is 2.69. The van der Waals surface area contributed by atoms with Gasteiger partial charge in [-0.1, -0.05) is 29.4 Å². The predicted molar refractivity (Wildman–Crippen MR) is 77.6 cm³/mol. The molecule has 0 radical (unpaired) electrons. The van der Waals surface area contributed by atoms with Gasteiger partial charge in [-0.25, -0.2) is 0 Å². The van der Waals surface area contributed by atoms with Gasteiger partial charge in [-0.05, 0) is 25.3 Å². The molecule has 1 aliphatic heterocycles. The Morgan fingerprint density at radius 1 is 1.40 bits per heavy atom. The van der Waals surface area contributed by atoms with Crippen molar-refractivity contribution >= 4 is 11.6 Å². The van der Waals surface area contributed by atoms with Gasteiger partial charge in [-0.3, -0.25) is 4.79 Å². The van der Waals surface area contributed by atoms with Gasteiger partial charge in [0, 0.05) is 24.9 Å². The van der Waals surface area contributed by atoms with E-state index in [1.807, 2.05) is 19.2 Å². The van der Waals surface area contributed by atoms with Crippen molar-refractivity contribution in [2.24, 2.45) is 11.1 Å². The highest BCUT2D eigenvalue weighted by atomic mass is 16.6. The van der Waals surface area contributed by atoms with Crippen LogP contribution in [0.1, 0.15) is 30.4 Å². The molecule has 20 heavy (non-hydrogen) atoms. The quantitative estimate of drug-likeness (QED) is 0.844. The molecule has 1 fully saturated rings. The van der Waals surface area contributed by atoms with Gasteiger partial charge >= 0.3 is 0 Å². The lowest BCUT2D eigenvalue weighted by atomic mass is 10.0. The molecule has 106 valence electrons. The highest BCUT2D eigenvalue weighted by Crippen LogP contribution is 2.31. The number of rotatable bonds is 4. The number of benzene rings is 1. The summed E-state index contributed by atoms with van der Waals surface area (Å²) in [6, 6.07) is 8.18. The van der Waals surface area contributed by atoms with E-state index in [9.17, 15) is 4.79 Å². The Bertz CT molecular complexity index is 549. The first-order valence-corrected chi connectivity index (χ1v) is 7.19. The molecule has 0 aromatic heterocycles. The zero-order valence-corrected chi connectivity index (χ0v) is 12.0. The third-order valence-electron chi connectivity index (χ3n) is 3.97. The predicted octanol–water partition coefficient (Wildman–Crippen LogP) is 2.36. The van der Waals surface area contributed by atoms with Crippen LogP contribution in [0.3, 0.4) is 0 Å². The van der Waals surface area contributed by atoms with E-state index in [2.05, 4.69) is 24.2 Å². The van der Waals surface area contributed by atoms with Crippen molar-refractivity contribution in [1.29, 1.82) is 0 Å². The molecule has 4 nitrogen and oxygen atoms in total. The molecule has 1 amide bonds. The number of nitrogens with zero attached hydrogens (tertiary/aromatic N) is 2. The summed E-state index contributed by atoms with van der Waals surface area (Å²) in [5.41, 5.74) is 3.34. The van der Waals surface area contributed by atoms with E-state index in [0.717, 1.165) is 30.5 Å². The maximum atomic E-state index is 11.9. The van der Waals surface area contributed by atoms with Crippen molar-refractivity contribution in [2.45, 2.75) is 32.3 Å². The molecule has 4 heteroatoms. The summed E-state index contributed by atoms with van der Waals surface area (Å²) in [6.45, 7) is 2.70. The summed E-state index contributed by atoms with van der Waals surface area (Å²) in [7, 11) is 1.86. The van der Waals surface area contributed by atoms with Crippen LogP contribution in [-0.4, -0.2) is 36.2 Å². The highest BCUT2D eigenvalue weighted by molar-refractivity contribution is 6.02. The minimum absolute atomic E-state index is 0.0164. The van der Waals surface area contributed by atoms with Gasteiger partial charge in [0.2, 0.25) is 5.91 Å². The van der Waals surface area contributed by atoms with Crippen LogP contribution in [0.5, 0.6) is 0 Å². The lowest BCUT2D eigenvalue weighted by Gasteiger charge is -2.19. The van der Waals surface area contributed by atoms with Crippen molar-refractivity contribution in [1.82, 2.24) is 4.90 Å². The first-order valence-electron chi connectivity index (χ1n) is 7.19. The number of hydrogen-bond donors (Lipinski definition) is 0. The summed E-state index contributed by atoms with van der Waals surface area (Å²) < 4.78 is 0. The molecule has 1 aliphatic carbocycles. The van der Waals surface area contributed by atoms with Crippen LogP contribution in [0.15, 0.2) is 29.4 Å². The average Bonchev–Trinajstić information content (AvgIpc) is 3.19. The average molecular weight is 272 g/mol. The second-order valence-electron chi connectivity index (χ2n) is 5.78. The summed E-state index contributed by atoms with van der Waals surface area (Å²) in [5.74, 6) is 0.510. The molecule has 1 aromatic rings. The van der Waals surface area contributed by atoms with E-state index in [1.165, 1.54) is 5.56 Å². The molecule has 1 heterocycles. The van der Waals surface area contributed by atoms with Gasteiger partial charge in [-0.15, -0.1) is 0 Å². The van der Waals surface area contributed by atoms with Crippen molar-refractivity contribution < 1.29 is 9.63 Å². The number of oxime groups is 1. The number of carbonyl (C=O) groups excluding carboxylic acids is 1. The van der Waals surface area contributed by atoms with Gasteiger partial charge in [-0.2, -0.15) is 0 Å². The first-order chi connectivity index (χ1) is 9.65. The largest absolute Gasteiger partial charge is 0.390 e. The minimum Gasteiger partial charge on any atom is -0.390 e. The molecule has 1 saturated carbocycles. The van der Waals surface area contributed by atoms with Crippen molar-refractivity contribution in [3.8, 4) is 0 Å². The number of likely N-dealkylation sites (N-methyl/N-ethyl adjacent to an activating group) is 1. The second kappa shape index (κ2) is 5.27. The van der Waals surface area contributed by atoms with E-state index in [0.29, 0.717) is 6.54 Å².